The normalized spacial score (nSPS) is 11.1. The van der Waals surface area contributed by atoms with Gasteiger partial charge in [0.15, 0.2) is 5.96 Å². The van der Waals surface area contributed by atoms with E-state index >= 15 is 0 Å². The van der Waals surface area contributed by atoms with Gasteiger partial charge in [0.1, 0.15) is 11.5 Å². The number of methoxy groups -OCH3 is 1. The number of hydrogen-bond acceptors (Lipinski definition) is 3. The van der Waals surface area contributed by atoms with E-state index in [2.05, 4.69) is 34.7 Å². The van der Waals surface area contributed by atoms with Crippen molar-refractivity contribution in [3.8, 4) is 11.5 Å². The first-order valence-electron chi connectivity index (χ1n) is 9.12. The summed E-state index contributed by atoms with van der Waals surface area (Å²) in [5, 5.41) is 6.67. The van der Waals surface area contributed by atoms with Crippen LogP contribution in [0.4, 0.5) is 0 Å². The molecule has 0 unspecified atom stereocenters. The van der Waals surface area contributed by atoms with Gasteiger partial charge < -0.3 is 20.1 Å². The monoisotopic (exact) mass is 355 g/mol. The maximum atomic E-state index is 5.67. The molecular weight excluding hydrogens is 326 g/mol. The lowest BCUT2D eigenvalue weighted by Gasteiger charge is -2.13. The van der Waals surface area contributed by atoms with Crippen LogP contribution in [-0.2, 0) is 13.0 Å². The lowest BCUT2D eigenvalue weighted by atomic mass is 10.1. The third kappa shape index (κ3) is 6.31. The molecule has 0 aromatic heterocycles. The van der Waals surface area contributed by atoms with Crippen LogP contribution in [0.15, 0.2) is 53.5 Å². The van der Waals surface area contributed by atoms with Gasteiger partial charge in [-0.15, -0.1) is 0 Å². The van der Waals surface area contributed by atoms with Crippen molar-refractivity contribution in [2.24, 2.45) is 4.99 Å². The summed E-state index contributed by atoms with van der Waals surface area (Å²) in [6.45, 7) is 6.89. The number of hydrogen-bond donors (Lipinski definition) is 2. The van der Waals surface area contributed by atoms with E-state index < -0.39 is 0 Å². The van der Waals surface area contributed by atoms with Gasteiger partial charge in [0, 0.05) is 18.7 Å². The second-order valence-electron chi connectivity index (χ2n) is 5.76. The molecule has 0 saturated heterocycles. The average Bonchev–Trinajstić information content (AvgIpc) is 2.67. The highest BCUT2D eigenvalue weighted by Gasteiger charge is 2.03. The Morgan fingerprint density at radius 2 is 1.88 bits per heavy atom. The molecule has 2 rings (SSSR count). The highest BCUT2D eigenvalue weighted by Crippen LogP contribution is 2.18. The summed E-state index contributed by atoms with van der Waals surface area (Å²) in [5.74, 6) is 2.59. The van der Waals surface area contributed by atoms with Gasteiger partial charge in [-0.2, -0.15) is 0 Å². The molecule has 5 heteroatoms. The van der Waals surface area contributed by atoms with Crippen LogP contribution in [0.2, 0.25) is 0 Å². The van der Waals surface area contributed by atoms with E-state index in [4.69, 9.17) is 9.47 Å². The maximum Gasteiger partial charge on any atom is 0.191 e. The van der Waals surface area contributed by atoms with Gasteiger partial charge in [0.2, 0.25) is 0 Å². The summed E-state index contributed by atoms with van der Waals surface area (Å²) in [6.07, 6.45) is 0.900. The Balaban J connectivity index is 1.94. The molecule has 0 heterocycles. The largest absolute Gasteiger partial charge is 0.497 e. The van der Waals surface area contributed by atoms with Crippen molar-refractivity contribution >= 4 is 5.96 Å². The first-order chi connectivity index (χ1) is 12.8. The van der Waals surface area contributed by atoms with E-state index in [9.17, 15) is 0 Å². The summed E-state index contributed by atoms with van der Waals surface area (Å²) in [6, 6.07) is 16.2. The van der Waals surface area contributed by atoms with Gasteiger partial charge in [-0.3, -0.25) is 0 Å². The van der Waals surface area contributed by atoms with Crippen LogP contribution in [0.1, 0.15) is 25.0 Å². The summed E-state index contributed by atoms with van der Waals surface area (Å²) < 4.78 is 10.9. The highest BCUT2D eigenvalue weighted by atomic mass is 16.5. The molecule has 0 aliphatic rings. The van der Waals surface area contributed by atoms with Gasteiger partial charge in [0.05, 0.1) is 20.3 Å². The van der Waals surface area contributed by atoms with Crippen LogP contribution < -0.4 is 20.1 Å². The molecule has 2 aromatic rings. The SMILES string of the molecule is CCNC(=NCc1ccccc1OCC)NCCc1cccc(OC)c1. The van der Waals surface area contributed by atoms with Crippen molar-refractivity contribution in [1.82, 2.24) is 10.6 Å². The Morgan fingerprint density at radius 3 is 2.65 bits per heavy atom. The molecule has 26 heavy (non-hydrogen) atoms. The van der Waals surface area contributed by atoms with Crippen LogP contribution in [0.25, 0.3) is 0 Å². The number of guanidine groups is 1. The number of nitrogens with one attached hydrogen (secondary N) is 2. The second kappa shape index (κ2) is 11.0. The molecule has 2 N–H and O–H groups in total. The predicted octanol–water partition coefficient (Wildman–Crippen LogP) is 3.39. The lowest BCUT2D eigenvalue weighted by molar-refractivity contribution is 0.336. The minimum atomic E-state index is 0.574. The first-order valence-corrected chi connectivity index (χ1v) is 9.12. The van der Waals surface area contributed by atoms with E-state index in [1.165, 1.54) is 5.56 Å². The van der Waals surface area contributed by atoms with Gasteiger partial charge in [-0.05, 0) is 44.0 Å². The van der Waals surface area contributed by atoms with E-state index in [0.717, 1.165) is 42.5 Å². The van der Waals surface area contributed by atoms with Gasteiger partial charge in [0.25, 0.3) is 0 Å². The van der Waals surface area contributed by atoms with Gasteiger partial charge >= 0.3 is 0 Å². The third-order valence-corrected chi connectivity index (χ3v) is 3.86. The van der Waals surface area contributed by atoms with Crippen molar-refractivity contribution in [3.05, 3.63) is 59.7 Å². The molecule has 0 radical (unpaired) electrons. The molecule has 5 nitrogen and oxygen atoms in total. The standard InChI is InChI=1S/C21H29N3O2/c1-4-22-21(23-14-13-17-9-8-11-19(15-17)25-3)24-16-18-10-6-7-12-20(18)26-5-2/h6-12,15H,4-5,13-14,16H2,1-3H3,(H2,22,23,24). The maximum absolute atomic E-state index is 5.67. The number of para-hydroxylation sites is 1. The van der Waals surface area contributed by atoms with Gasteiger partial charge in [-0.25, -0.2) is 4.99 Å². The molecule has 0 atom stereocenters. The quantitative estimate of drug-likeness (QED) is 0.535. The molecule has 0 aliphatic carbocycles. The van der Waals surface area contributed by atoms with E-state index in [1.54, 1.807) is 7.11 Å². The van der Waals surface area contributed by atoms with Crippen LogP contribution in [0.5, 0.6) is 11.5 Å². The Hall–Kier alpha value is -2.69. The number of rotatable bonds is 9. The smallest absolute Gasteiger partial charge is 0.191 e. The molecule has 0 aliphatic heterocycles. The Labute approximate surface area is 156 Å². The Kier molecular flexibility index (Phi) is 8.33. The van der Waals surface area contributed by atoms with Crippen LogP contribution in [0, 0.1) is 0 Å². The second-order valence-corrected chi connectivity index (χ2v) is 5.76. The predicted molar refractivity (Wildman–Crippen MR) is 107 cm³/mol. The summed E-state index contributed by atoms with van der Waals surface area (Å²) in [5.41, 5.74) is 2.31. The number of nitrogens with zero attached hydrogens (tertiary/aromatic N) is 1. The zero-order chi connectivity index (χ0) is 18.6. The van der Waals surface area contributed by atoms with Crippen LogP contribution >= 0.6 is 0 Å². The van der Waals surface area contributed by atoms with Gasteiger partial charge in [-0.1, -0.05) is 30.3 Å². The molecule has 0 fully saturated rings. The summed E-state index contributed by atoms with van der Waals surface area (Å²) >= 11 is 0. The zero-order valence-corrected chi connectivity index (χ0v) is 15.9. The van der Waals surface area contributed by atoms with Crippen LogP contribution in [0.3, 0.4) is 0 Å². The van der Waals surface area contributed by atoms with Crippen molar-refractivity contribution in [2.75, 3.05) is 26.8 Å². The molecular formula is C21H29N3O2. The molecule has 0 bridgehead atoms. The molecule has 0 saturated carbocycles. The fourth-order valence-corrected chi connectivity index (χ4v) is 2.59. The van der Waals surface area contributed by atoms with Crippen molar-refractivity contribution in [1.29, 1.82) is 0 Å². The van der Waals surface area contributed by atoms with E-state index in [1.807, 2.05) is 43.3 Å². The Morgan fingerprint density at radius 1 is 1.04 bits per heavy atom. The first kappa shape index (κ1) is 19.6. The summed E-state index contributed by atoms with van der Waals surface area (Å²) in [4.78, 5) is 4.68. The molecule has 2 aromatic carbocycles. The Bertz CT molecular complexity index is 701. The lowest BCUT2D eigenvalue weighted by Crippen LogP contribution is -2.38. The van der Waals surface area contributed by atoms with Crippen molar-refractivity contribution in [2.45, 2.75) is 26.8 Å². The van der Waals surface area contributed by atoms with Crippen LogP contribution in [-0.4, -0.2) is 32.8 Å². The number of ether oxygens (including phenoxy) is 2. The van der Waals surface area contributed by atoms with Crippen molar-refractivity contribution in [3.63, 3.8) is 0 Å². The minimum absolute atomic E-state index is 0.574. The third-order valence-electron chi connectivity index (χ3n) is 3.86. The molecule has 140 valence electrons. The fraction of sp³-hybridized carbons (Fsp3) is 0.381. The molecule has 0 spiro atoms. The van der Waals surface area contributed by atoms with Crippen molar-refractivity contribution < 1.29 is 9.47 Å². The zero-order valence-electron chi connectivity index (χ0n) is 15.9. The van der Waals surface area contributed by atoms with E-state index in [0.29, 0.717) is 13.2 Å². The molecule has 0 amide bonds. The number of aliphatic imine (C=N–C) groups is 1. The van der Waals surface area contributed by atoms with E-state index in [-0.39, 0.29) is 0 Å². The minimum Gasteiger partial charge on any atom is -0.497 e. The fourth-order valence-electron chi connectivity index (χ4n) is 2.59. The highest BCUT2D eigenvalue weighted by molar-refractivity contribution is 5.79. The summed E-state index contributed by atoms with van der Waals surface area (Å²) in [7, 11) is 1.69. The number of benzene rings is 2. The topological polar surface area (TPSA) is 54.9 Å². The average molecular weight is 355 g/mol.